The second-order valence-corrected chi connectivity index (χ2v) is 2.53. The number of nitrogens with one attached hydrogen (secondary N) is 1. The zero-order chi connectivity index (χ0) is 8.04. The number of aliphatic imine (C=N–C) groups is 1. The zero-order valence-corrected chi connectivity index (χ0v) is 8.03. The lowest BCUT2D eigenvalue weighted by Crippen LogP contribution is -2.04. The van der Waals surface area contributed by atoms with Crippen molar-refractivity contribution >= 4 is 27.7 Å². The maximum Gasteiger partial charge on any atom is 0.466 e. The Morgan fingerprint density at radius 2 is 1.83 bits per heavy atom. The Morgan fingerprint density at radius 3 is 1.92 bits per heavy atom. The summed E-state index contributed by atoms with van der Waals surface area (Å²) in [5.74, 6) is 0. The van der Waals surface area contributed by atoms with Crippen LogP contribution in [0.5, 0.6) is 0 Å². The van der Waals surface area contributed by atoms with Crippen molar-refractivity contribution in [2.75, 3.05) is 13.1 Å². The second-order valence-electron chi connectivity index (χ2n) is 1.50. The third-order valence-electron chi connectivity index (χ3n) is 0.568. The van der Waals surface area contributed by atoms with Crippen LogP contribution in [0.4, 0.5) is 0 Å². The molecule has 0 bridgehead atoms. The number of hydrogen-bond donors (Lipinski definition) is 4. The SMILES string of the molecule is C1=NCCN1.O.O=P(O)(O)O.S. The largest absolute Gasteiger partial charge is 0.466 e. The van der Waals surface area contributed by atoms with Gasteiger partial charge in [-0.15, -0.1) is 0 Å². The fraction of sp³-hybridized carbons (Fsp3) is 0.667. The second kappa shape index (κ2) is 8.98. The van der Waals surface area contributed by atoms with Crippen molar-refractivity contribution in [2.45, 2.75) is 0 Å². The average Bonchev–Trinajstić information content (AvgIpc) is 2.07. The molecule has 12 heavy (non-hydrogen) atoms. The van der Waals surface area contributed by atoms with Crippen LogP contribution in [0.1, 0.15) is 0 Å². The highest BCUT2D eigenvalue weighted by atomic mass is 32.1. The van der Waals surface area contributed by atoms with E-state index in [-0.39, 0.29) is 19.0 Å². The molecule has 0 fully saturated rings. The Bertz CT molecular complexity index is 145. The molecule has 0 aromatic heterocycles. The van der Waals surface area contributed by atoms with Crippen molar-refractivity contribution in [1.29, 1.82) is 0 Å². The highest BCUT2D eigenvalue weighted by Crippen LogP contribution is 2.25. The van der Waals surface area contributed by atoms with Crippen molar-refractivity contribution in [1.82, 2.24) is 5.32 Å². The smallest absolute Gasteiger partial charge is 0.412 e. The van der Waals surface area contributed by atoms with Gasteiger partial charge in [-0.3, -0.25) is 4.99 Å². The van der Waals surface area contributed by atoms with E-state index in [2.05, 4.69) is 10.3 Å². The highest BCUT2D eigenvalue weighted by molar-refractivity contribution is 7.59. The van der Waals surface area contributed by atoms with Crippen molar-refractivity contribution < 1.29 is 24.7 Å². The predicted octanol–water partition coefficient (Wildman–Crippen LogP) is -2.02. The van der Waals surface area contributed by atoms with Crippen molar-refractivity contribution in [3.63, 3.8) is 0 Å². The van der Waals surface area contributed by atoms with Crippen LogP contribution in [-0.4, -0.2) is 39.6 Å². The lowest BCUT2D eigenvalue weighted by atomic mass is 10.7. The maximum absolute atomic E-state index is 8.88. The van der Waals surface area contributed by atoms with E-state index in [0.29, 0.717) is 0 Å². The summed E-state index contributed by atoms with van der Waals surface area (Å²) >= 11 is 0. The van der Waals surface area contributed by atoms with Crippen LogP contribution in [-0.2, 0) is 4.57 Å². The molecule has 0 saturated carbocycles. The summed E-state index contributed by atoms with van der Waals surface area (Å²) in [6.45, 7) is 1.99. The predicted molar refractivity (Wildman–Crippen MR) is 49.6 cm³/mol. The summed E-state index contributed by atoms with van der Waals surface area (Å²) in [6.07, 6.45) is 1.74. The van der Waals surface area contributed by atoms with Gasteiger partial charge >= 0.3 is 7.82 Å². The van der Waals surface area contributed by atoms with Gasteiger partial charge in [0.05, 0.1) is 12.9 Å². The van der Waals surface area contributed by atoms with Gasteiger partial charge < -0.3 is 25.5 Å². The fourth-order valence-corrected chi connectivity index (χ4v) is 0.323. The lowest BCUT2D eigenvalue weighted by molar-refractivity contribution is 0.275. The molecule has 0 aromatic carbocycles. The van der Waals surface area contributed by atoms with Crippen LogP contribution in [0.15, 0.2) is 4.99 Å². The minimum atomic E-state index is -4.64. The van der Waals surface area contributed by atoms with Gasteiger partial charge in [0.25, 0.3) is 0 Å². The molecule has 1 aliphatic heterocycles. The van der Waals surface area contributed by atoms with Crippen molar-refractivity contribution in [3.8, 4) is 0 Å². The molecule has 1 rings (SSSR count). The Morgan fingerprint density at radius 1 is 1.42 bits per heavy atom. The van der Waals surface area contributed by atoms with Gasteiger partial charge in [-0.2, -0.15) is 13.5 Å². The van der Waals surface area contributed by atoms with E-state index in [1.165, 1.54) is 0 Å². The fourth-order valence-electron chi connectivity index (χ4n) is 0.323. The van der Waals surface area contributed by atoms with Crippen LogP contribution in [0.2, 0.25) is 0 Å². The molecule has 0 amide bonds. The zero-order valence-electron chi connectivity index (χ0n) is 6.14. The summed E-state index contributed by atoms with van der Waals surface area (Å²) < 4.78 is 8.88. The van der Waals surface area contributed by atoms with Crippen LogP contribution < -0.4 is 5.32 Å². The normalized spacial score (nSPS) is 12.9. The molecule has 1 aliphatic rings. The molecule has 0 unspecified atom stereocenters. The standard InChI is InChI=1S/C3H6N2.H3O4P.H2O.H2S/c1-2-5-3-4-1;1-5(2,3)4;;/h3H,1-2H2,(H,4,5);(H3,1,2,3,4);2*1H2. The van der Waals surface area contributed by atoms with Gasteiger partial charge in [-0.1, -0.05) is 0 Å². The van der Waals surface area contributed by atoms with Crippen LogP contribution in [0.25, 0.3) is 0 Å². The van der Waals surface area contributed by atoms with Crippen LogP contribution in [0, 0.1) is 0 Å². The molecule has 0 atom stereocenters. The maximum atomic E-state index is 8.88. The average molecular weight is 220 g/mol. The lowest BCUT2D eigenvalue weighted by Gasteiger charge is -1.82. The van der Waals surface area contributed by atoms with Gasteiger partial charge in [0.15, 0.2) is 0 Å². The third kappa shape index (κ3) is 32.7. The number of rotatable bonds is 0. The first-order valence-corrected chi connectivity index (χ1v) is 4.06. The quantitative estimate of drug-likeness (QED) is 0.349. The Balaban J connectivity index is -0.000000116. The Labute approximate surface area is 76.5 Å². The molecular formula is C3H13N2O5PS. The minimum absolute atomic E-state index is 0. The summed E-state index contributed by atoms with van der Waals surface area (Å²) in [5, 5.41) is 2.93. The van der Waals surface area contributed by atoms with Crippen LogP contribution >= 0.6 is 21.3 Å². The monoisotopic (exact) mass is 220 g/mol. The summed E-state index contributed by atoms with van der Waals surface area (Å²) in [5.41, 5.74) is 0. The van der Waals surface area contributed by atoms with Gasteiger partial charge in [0.1, 0.15) is 0 Å². The molecule has 0 saturated heterocycles. The number of hydrogen-bond acceptors (Lipinski definition) is 3. The molecule has 6 N–H and O–H groups in total. The number of phosphoric acid groups is 1. The van der Waals surface area contributed by atoms with E-state index < -0.39 is 7.82 Å². The Kier molecular flexibility index (Phi) is 13.4. The summed E-state index contributed by atoms with van der Waals surface area (Å²) in [4.78, 5) is 25.4. The summed E-state index contributed by atoms with van der Waals surface area (Å²) in [7, 11) is -4.64. The van der Waals surface area contributed by atoms with Gasteiger partial charge in [0, 0.05) is 6.54 Å². The van der Waals surface area contributed by atoms with Gasteiger partial charge in [-0.25, -0.2) is 4.57 Å². The first-order chi connectivity index (χ1) is 4.50. The molecule has 9 heteroatoms. The van der Waals surface area contributed by atoms with E-state index >= 15 is 0 Å². The molecule has 0 radical (unpaired) electrons. The van der Waals surface area contributed by atoms with Gasteiger partial charge in [0.2, 0.25) is 0 Å². The first-order valence-electron chi connectivity index (χ1n) is 2.50. The van der Waals surface area contributed by atoms with Crippen molar-refractivity contribution in [3.05, 3.63) is 0 Å². The number of nitrogens with zero attached hydrogens (tertiary/aromatic N) is 1. The molecule has 76 valence electrons. The summed E-state index contributed by atoms with van der Waals surface area (Å²) in [6, 6.07) is 0. The molecule has 1 heterocycles. The first kappa shape index (κ1) is 17.8. The van der Waals surface area contributed by atoms with Gasteiger partial charge in [-0.05, 0) is 0 Å². The molecule has 0 aliphatic carbocycles. The van der Waals surface area contributed by atoms with Crippen LogP contribution in [0.3, 0.4) is 0 Å². The molecule has 0 aromatic rings. The molecule has 0 spiro atoms. The molecule has 7 nitrogen and oxygen atoms in total. The van der Waals surface area contributed by atoms with E-state index in [0.717, 1.165) is 13.1 Å². The highest BCUT2D eigenvalue weighted by Gasteiger charge is 2.00. The minimum Gasteiger partial charge on any atom is -0.412 e. The van der Waals surface area contributed by atoms with E-state index in [9.17, 15) is 0 Å². The van der Waals surface area contributed by atoms with Crippen molar-refractivity contribution in [2.24, 2.45) is 4.99 Å². The Hall–Kier alpha value is -0.110. The van der Waals surface area contributed by atoms with E-state index in [1.54, 1.807) is 6.34 Å². The van der Waals surface area contributed by atoms with E-state index in [1.807, 2.05) is 0 Å². The molecular weight excluding hydrogens is 207 g/mol. The third-order valence-corrected chi connectivity index (χ3v) is 0.568. The van der Waals surface area contributed by atoms with E-state index in [4.69, 9.17) is 19.2 Å². The topological polar surface area (TPSA) is 134 Å².